The van der Waals surface area contributed by atoms with Crippen LogP contribution in [0.3, 0.4) is 0 Å². The molecule has 0 aliphatic carbocycles. The number of nitrogens with zero attached hydrogens (tertiary/aromatic N) is 2. The Bertz CT molecular complexity index is 1070. The molecule has 0 bridgehead atoms. The third-order valence-electron chi connectivity index (χ3n) is 4.82. The van der Waals surface area contributed by atoms with Crippen LogP contribution < -0.4 is 15.0 Å². The van der Waals surface area contributed by atoms with Crippen LogP contribution in [-0.4, -0.2) is 23.1 Å². The number of nitrogens with one attached hydrogen (secondary N) is 2. The molecule has 0 radical (unpaired) electrons. The van der Waals surface area contributed by atoms with Gasteiger partial charge in [0.1, 0.15) is 23.8 Å². The Kier molecular flexibility index (Phi) is 3.90. The molecule has 1 aliphatic rings. The maximum atomic E-state index is 5.85. The van der Waals surface area contributed by atoms with E-state index in [0.717, 1.165) is 47.1 Å². The number of hydrogen-bond acceptors (Lipinski definition) is 4. The molecule has 0 fully saturated rings. The average molecular weight is 356 g/mol. The zero-order valence-corrected chi connectivity index (χ0v) is 14.9. The number of ether oxygens (including phenoxy) is 1. The summed E-state index contributed by atoms with van der Waals surface area (Å²) in [6, 6.07) is 22.8. The molecule has 5 nitrogen and oxygen atoms in total. The molecule has 0 unspecified atom stereocenters. The van der Waals surface area contributed by atoms with Crippen LogP contribution in [0.15, 0.2) is 72.9 Å². The molecule has 27 heavy (non-hydrogen) atoms. The molecular weight excluding hydrogens is 336 g/mol. The number of anilines is 3. The normalized spacial score (nSPS) is 13.3. The van der Waals surface area contributed by atoms with Gasteiger partial charge in [-0.3, -0.25) is 0 Å². The van der Waals surface area contributed by atoms with Crippen molar-refractivity contribution in [2.24, 2.45) is 0 Å². The fraction of sp³-hybridized carbons (Fsp3) is 0.136. The molecule has 0 spiro atoms. The van der Waals surface area contributed by atoms with Crippen molar-refractivity contribution in [1.82, 2.24) is 9.97 Å². The Morgan fingerprint density at radius 1 is 1.04 bits per heavy atom. The first kappa shape index (κ1) is 15.8. The van der Waals surface area contributed by atoms with Crippen LogP contribution >= 0.6 is 0 Å². The quantitative estimate of drug-likeness (QED) is 0.556. The Morgan fingerprint density at radius 2 is 1.96 bits per heavy atom. The van der Waals surface area contributed by atoms with Crippen LogP contribution in [0, 0.1) is 0 Å². The van der Waals surface area contributed by atoms with Gasteiger partial charge in [-0.05, 0) is 42.0 Å². The van der Waals surface area contributed by atoms with Crippen LogP contribution in [0.25, 0.3) is 11.0 Å². The highest BCUT2D eigenvalue weighted by atomic mass is 16.5. The average Bonchev–Trinajstić information content (AvgIpc) is 3.17. The maximum Gasteiger partial charge on any atom is 0.142 e. The van der Waals surface area contributed by atoms with Crippen LogP contribution in [0.2, 0.25) is 0 Å². The van der Waals surface area contributed by atoms with Gasteiger partial charge in [0.25, 0.3) is 0 Å². The van der Waals surface area contributed by atoms with E-state index in [-0.39, 0.29) is 0 Å². The van der Waals surface area contributed by atoms with Crippen molar-refractivity contribution in [1.29, 1.82) is 0 Å². The van der Waals surface area contributed by atoms with Gasteiger partial charge in [0.2, 0.25) is 0 Å². The van der Waals surface area contributed by atoms with Gasteiger partial charge < -0.3 is 19.9 Å². The first-order chi connectivity index (χ1) is 13.3. The summed E-state index contributed by atoms with van der Waals surface area (Å²) in [5.74, 6) is 1.74. The summed E-state index contributed by atoms with van der Waals surface area (Å²) in [7, 11) is 0. The van der Waals surface area contributed by atoms with E-state index in [0.29, 0.717) is 6.61 Å². The Hall–Kier alpha value is -3.47. The molecule has 5 rings (SSSR count). The number of fused-ring (bicyclic) bond motifs is 2. The molecule has 5 heteroatoms. The number of aromatic amines is 1. The Balaban J connectivity index is 1.42. The van der Waals surface area contributed by atoms with Crippen LogP contribution in [0.1, 0.15) is 5.56 Å². The number of pyridine rings is 1. The highest BCUT2D eigenvalue weighted by Crippen LogP contribution is 2.35. The molecule has 0 amide bonds. The van der Waals surface area contributed by atoms with Crippen molar-refractivity contribution in [3.63, 3.8) is 0 Å². The molecule has 4 aromatic rings. The third kappa shape index (κ3) is 3.19. The highest BCUT2D eigenvalue weighted by Gasteiger charge is 2.19. The lowest BCUT2D eigenvalue weighted by molar-refractivity contribution is 0.307. The van der Waals surface area contributed by atoms with E-state index >= 15 is 0 Å². The smallest absolute Gasteiger partial charge is 0.142 e. The van der Waals surface area contributed by atoms with E-state index in [9.17, 15) is 0 Å². The summed E-state index contributed by atoms with van der Waals surface area (Å²) in [5.41, 5.74) is 4.28. The lowest BCUT2D eigenvalue weighted by atomic mass is 10.1. The first-order valence-corrected chi connectivity index (χ1v) is 9.12. The third-order valence-corrected chi connectivity index (χ3v) is 4.82. The number of rotatable bonds is 4. The molecule has 2 aromatic carbocycles. The molecule has 0 atom stereocenters. The second-order valence-corrected chi connectivity index (χ2v) is 6.68. The molecule has 134 valence electrons. The van der Waals surface area contributed by atoms with Crippen LogP contribution in [0.5, 0.6) is 5.75 Å². The van der Waals surface area contributed by atoms with Crippen molar-refractivity contribution in [3.8, 4) is 5.75 Å². The largest absolute Gasteiger partial charge is 0.490 e. The summed E-state index contributed by atoms with van der Waals surface area (Å²) in [5, 5.41) is 4.51. The lowest BCUT2D eigenvalue weighted by Gasteiger charge is -2.31. The lowest BCUT2D eigenvalue weighted by Crippen LogP contribution is -2.32. The minimum atomic E-state index is 0.706. The van der Waals surface area contributed by atoms with Crippen LogP contribution in [0.4, 0.5) is 17.2 Å². The summed E-state index contributed by atoms with van der Waals surface area (Å²) in [4.78, 5) is 10.1. The fourth-order valence-corrected chi connectivity index (χ4v) is 3.47. The van der Waals surface area contributed by atoms with Crippen molar-refractivity contribution >= 4 is 28.2 Å². The van der Waals surface area contributed by atoms with Gasteiger partial charge in [-0.25, -0.2) is 4.98 Å². The maximum absolute atomic E-state index is 5.85. The van der Waals surface area contributed by atoms with Gasteiger partial charge in [0, 0.05) is 23.8 Å². The van der Waals surface area contributed by atoms with Crippen molar-refractivity contribution < 1.29 is 4.74 Å². The van der Waals surface area contributed by atoms with Gasteiger partial charge in [-0.15, -0.1) is 0 Å². The van der Waals surface area contributed by atoms with Crippen molar-refractivity contribution in [2.75, 3.05) is 23.4 Å². The van der Waals surface area contributed by atoms with Gasteiger partial charge in [-0.2, -0.15) is 0 Å². The van der Waals surface area contributed by atoms with Gasteiger partial charge in [0.05, 0.1) is 12.2 Å². The minimum Gasteiger partial charge on any atom is -0.490 e. The number of aromatic nitrogens is 2. The standard InChI is InChI=1S/C22H20N4O/c1-2-4-16(5-3-1)15-26-12-13-27-20-8-7-18(14-19(20)26)24-21-9-6-17-10-11-23-22(17)25-21/h1-11,14H,12-13,15H2,(H2,23,24,25). The molecule has 0 saturated carbocycles. The summed E-state index contributed by atoms with van der Waals surface area (Å²) in [6.45, 7) is 2.45. The van der Waals surface area contributed by atoms with Gasteiger partial charge in [0.15, 0.2) is 0 Å². The number of hydrogen-bond donors (Lipinski definition) is 2. The second kappa shape index (κ2) is 6.68. The predicted molar refractivity (Wildman–Crippen MR) is 109 cm³/mol. The topological polar surface area (TPSA) is 53.2 Å². The summed E-state index contributed by atoms with van der Waals surface area (Å²) >= 11 is 0. The zero-order valence-electron chi connectivity index (χ0n) is 14.9. The molecular formula is C22H20N4O. The van der Waals surface area contributed by atoms with E-state index < -0.39 is 0 Å². The Morgan fingerprint density at radius 3 is 2.89 bits per heavy atom. The number of H-pyrrole nitrogens is 1. The van der Waals surface area contributed by atoms with Crippen molar-refractivity contribution in [3.05, 3.63) is 78.5 Å². The van der Waals surface area contributed by atoms with E-state index in [1.165, 1.54) is 5.56 Å². The highest BCUT2D eigenvalue weighted by molar-refractivity contribution is 5.78. The molecule has 0 saturated heterocycles. The number of benzene rings is 2. The zero-order chi connectivity index (χ0) is 18.1. The van der Waals surface area contributed by atoms with Crippen molar-refractivity contribution in [2.45, 2.75) is 6.54 Å². The van der Waals surface area contributed by atoms with E-state index in [2.05, 4.69) is 56.6 Å². The minimum absolute atomic E-state index is 0.706. The Labute approximate surface area is 157 Å². The molecule has 1 aliphatic heterocycles. The van der Waals surface area contributed by atoms with Gasteiger partial charge >= 0.3 is 0 Å². The molecule has 2 aromatic heterocycles. The monoisotopic (exact) mass is 356 g/mol. The summed E-state index contributed by atoms with van der Waals surface area (Å²) in [6.07, 6.45) is 1.90. The second-order valence-electron chi connectivity index (χ2n) is 6.68. The summed E-state index contributed by atoms with van der Waals surface area (Å²) < 4.78 is 5.85. The van der Waals surface area contributed by atoms with Crippen LogP contribution in [-0.2, 0) is 6.54 Å². The predicted octanol–water partition coefficient (Wildman–Crippen LogP) is 4.71. The SMILES string of the molecule is c1ccc(CN2CCOc3ccc(Nc4ccc5cc[nH]c5n4)cc32)cc1. The van der Waals surface area contributed by atoms with Gasteiger partial charge in [-0.1, -0.05) is 30.3 Å². The van der Waals surface area contributed by atoms with E-state index in [1.54, 1.807) is 0 Å². The van der Waals surface area contributed by atoms with E-state index in [1.807, 2.05) is 36.5 Å². The van der Waals surface area contributed by atoms with E-state index in [4.69, 9.17) is 4.74 Å². The molecule has 2 N–H and O–H groups in total. The first-order valence-electron chi connectivity index (χ1n) is 9.12. The molecule has 3 heterocycles. The fourth-order valence-electron chi connectivity index (χ4n) is 3.47.